The number of hydrogen-bond acceptors (Lipinski definition) is 9. The van der Waals surface area contributed by atoms with Crippen molar-refractivity contribution in [1.29, 1.82) is 0 Å². The molecule has 0 fully saturated rings. The SMILES string of the molecule is COc1cc(/C=C/C(N)=O)ccc1OC(=O)CCCO[N+](=O)[O-].O=C(O)c1ccc(Cl)c(S)c1. The van der Waals surface area contributed by atoms with Crippen molar-refractivity contribution in [2.24, 2.45) is 5.73 Å². The molecule has 182 valence electrons. The van der Waals surface area contributed by atoms with E-state index in [1.807, 2.05) is 0 Å². The van der Waals surface area contributed by atoms with E-state index in [0.29, 0.717) is 21.2 Å². The smallest absolute Gasteiger partial charge is 0.335 e. The Morgan fingerprint density at radius 3 is 2.47 bits per heavy atom. The highest BCUT2D eigenvalue weighted by atomic mass is 35.5. The Morgan fingerprint density at radius 1 is 1.21 bits per heavy atom. The summed E-state index contributed by atoms with van der Waals surface area (Å²) in [4.78, 5) is 47.3. The molecular weight excluding hydrogens is 492 g/mol. The zero-order chi connectivity index (χ0) is 25.7. The number of rotatable bonds is 10. The predicted molar refractivity (Wildman–Crippen MR) is 125 cm³/mol. The summed E-state index contributed by atoms with van der Waals surface area (Å²) in [6.07, 6.45) is 2.79. The molecule has 13 heteroatoms. The number of thiol groups is 1. The fourth-order valence-electron chi connectivity index (χ4n) is 2.23. The number of ether oxygens (including phenoxy) is 2. The van der Waals surface area contributed by atoms with Gasteiger partial charge in [0.1, 0.15) is 0 Å². The maximum atomic E-state index is 11.6. The standard InChI is InChI=1S/C14H16N2O7.C7H5ClO2S/c1-21-12-9-10(5-7-13(15)17)4-6-11(12)23-14(18)3-2-8-22-16(19)20;8-5-2-1-4(7(9)10)3-6(5)11/h4-7,9H,2-3,8H2,1H3,(H2,15,17);1-3,11H,(H,9,10)/b7-5+;. The van der Waals surface area contributed by atoms with E-state index in [0.717, 1.165) is 0 Å². The van der Waals surface area contributed by atoms with Crippen LogP contribution in [0, 0.1) is 10.1 Å². The van der Waals surface area contributed by atoms with Crippen LogP contribution in [0.25, 0.3) is 6.08 Å². The lowest BCUT2D eigenvalue weighted by Gasteiger charge is -2.10. The number of primary amides is 1. The highest BCUT2D eigenvalue weighted by molar-refractivity contribution is 7.80. The van der Waals surface area contributed by atoms with Crippen LogP contribution in [0.4, 0.5) is 0 Å². The van der Waals surface area contributed by atoms with Gasteiger partial charge in [-0.25, -0.2) is 4.79 Å². The van der Waals surface area contributed by atoms with Crippen molar-refractivity contribution < 1.29 is 38.9 Å². The summed E-state index contributed by atoms with van der Waals surface area (Å²) >= 11 is 9.58. The fourth-order valence-corrected chi connectivity index (χ4v) is 2.56. The topological polar surface area (TPSA) is 168 Å². The predicted octanol–water partition coefficient (Wildman–Crippen LogP) is 3.41. The largest absolute Gasteiger partial charge is 0.493 e. The zero-order valence-electron chi connectivity index (χ0n) is 17.8. The van der Waals surface area contributed by atoms with Crippen LogP contribution in [0.1, 0.15) is 28.8 Å². The molecule has 2 aromatic rings. The summed E-state index contributed by atoms with van der Waals surface area (Å²) in [5, 5.41) is 18.0. The minimum absolute atomic E-state index is 0.0413. The molecule has 0 saturated carbocycles. The van der Waals surface area contributed by atoms with E-state index in [-0.39, 0.29) is 30.8 Å². The Morgan fingerprint density at radius 2 is 1.91 bits per heavy atom. The van der Waals surface area contributed by atoms with E-state index in [4.69, 9.17) is 31.9 Å². The van der Waals surface area contributed by atoms with Crippen molar-refractivity contribution in [3.05, 3.63) is 68.7 Å². The molecule has 0 bridgehead atoms. The maximum absolute atomic E-state index is 11.6. The number of carboxylic acid groups (broad SMARTS) is 1. The van der Waals surface area contributed by atoms with Gasteiger partial charge in [-0.05, 0) is 48.4 Å². The third-order valence-electron chi connectivity index (χ3n) is 3.77. The first-order valence-electron chi connectivity index (χ1n) is 9.38. The van der Waals surface area contributed by atoms with Crippen LogP contribution in [-0.2, 0) is 14.4 Å². The first-order valence-corrected chi connectivity index (χ1v) is 10.2. The number of esters is 1. The van der Waals surface area contributed by atoms with Crippen LogP contribution >= 0.6 is 24.2 Å². The molecule has 0 spiro atoms. The van der Waals surface area contributed by atoms with E-state index < -0.39 is 22.9 Å². The van der Waals surface area contributed by atoms with Gasteiger partial charge >= 0.3 is 11.9 Å². The summed E-state index contributed by atoms with van der Waals surface area (Å²) in [5.41, 5.74) is 5.84. The number of halogens is 1. The normalized spacial score (nSPS) is 10.1. The Kier molecular flexibility index (Phi) is 12.0. The van der Waals surface area contributed by atoms with Crippen LogP contribution in [-0.4, -0.2) is 41.8 Å². The van der Waals surface area contributed by atoms with Gasteiger partial charge in [-0.1, -0.05) is 17.7 Å². The van der Waals surface area contributed by atoms with E-state index >= 15 is 0 Å². The van der Waals surface area contributed by atoms with Crippen LogP contribution in [0.2, 0.25) is 5.02 Å². The summed E-state index contributed by atoms with van der Waals surface area (Å²) in [5.74, 6) is -1.64. The molecule has 0 aromatic heterocycles. The van der Waals surface area contributed by atoms with Crippen molar-refractivity contribution >= 4 is 48.2 Å². The number of amides is 1. The summed E-state index contributed by atoms with van der Waals surface area (Å²) in [6, 6.07) is 9.04. The van der Waals surface area contributed by atoms with Crippen LogP contribution < -0.4 is 15.2 Å². The molecule has 0 aliphatic carbocycles. The highest BCUT2D eigenvalue weighted by Gasteiger charge is 2.11. The Hall–Kier alpha value is -3.77. The van der Waals surface area contributed by atoms with Gasteiger partial charge in [-0.2, -0.15) is 0 Å². The second kappa shape index (κ2) is 14.4. The lowest BCUT2D eigenvalue weighted by atomic mass is 10.2. The van der Waals surface area contributed by atoms with Gasteiger partial charge in [0.2, 0.25) is 5.91 Å². The molecule has 0 radical (unpaired) electrons. The lowest BCUT2D eigenvalue weighted by Crippen LogP contribution is -2.11. The summed E-state index contributed by atoms with van der Waals surface area (Å²) < 4.78 is 10.2. The molecule has 11 nitrogen and oxygen atoms in total. The van der Waals surface area contributed by atoms with Crippen LogP contribution in [0.15, 0.2) is 47.4 Å². The first kappa shape index (κ1) is 28.3. The lowest BCUT2D eigenvalue weighted by molar-refractivity contribution is -0.757. The molecule has 2 rings (SSSR count). The van der Waals surface area contributed by atoms with Crippen molar-refractivity contribution in [3.8, 4) is 11.5 Å². The van der Waals surface area contributed by atoms with Crippen LogP contribution in [0.5, 0.6) is 11.5 Å². The molecule has 3 N–H and O–H groups in total. The number of nitrogens with two attached hydrogens (primary N) is 1. The number of benzene rings is 2. The molecule has 1 amide bonds. The number of carbonyl (C=O) groups excluding carboxylic acids is 2. The van der Waals surface area contributed by atoms with Crippen molar-refractivity contribution in [2.45, 2.75) is 17.7 Å². The van der Waals surface area contributed by atoms with Crippen LogP contribution in [0.3, 0.4) is 0 Å². The van der Waals surface area contributed by atoms with Gasteiger partial charge in [0, 0.05) is 17.4 Å². The number of methoxy groups -OCH3 is 1. The Bertz CT molecular complexity index is 1080. The average molecular weight is 513 g/mol. The molecule has 34 heavy (non-hydrogen) atoms. The molecular formula is C21H21ClN2O9S. The second-order valence-corrected chi connectivity index (χ2v) is 7.14. The van der Waals surface area contributed by atoms with Crippen molar-refractivity contribution in [1.82, 2.24) is 0 Å². The number of carboxylic acids is 1. The van der Waals surface area contributed by atoms with E-state index in [9.17, 15) is 24.5 Å². The quantitative estimate of drug-likeness (QED) is 0.0821. The number of hydrogen-bond donors (Lipinski definition) is 3. The monoisotopic (exact) mass is 512 g/mol. The van der Waals surface area contributed by atoms with E-state index in [1.165, 1.54) is 43.5 Å². The molecule has 2 aromatic carbocycles. The zero-order valence-corrected chi connectivity index (χ0v) is 19.5. The number of carbonyl (C=O) groups is 3. The van der Waals surface area contributed by atoms with Gasteiger partial charge in [0.05, 0.1) is 24.3 Å². The third-order valence-corrected chi connectivity index (χ3v) is 4.60. The van der Waals surface area contributed by atoms with Crippen molar-refractivity contribution in [2.75, 3.05) is 13.7 Å². The molecule has 0 saturated heterocycles. The molecule has 0 atom stereocenters. The molecule has 0 heterocycles. The Labute approximate surface area is 204 Å². The first-order chi connectivity index (χ1) is 16.0. The summed E-state index contributed by atoms with van der Waals surface area (Å²) in [7, 11) is 1.40. The molecule has 0 unspecified atom stereocenters. The van der Waals surface area contributed by atoms with Crippen molar-refractivity contribution in [3.63, 3.8) is 0 Å². The van der Waals surface area contributed by atoms with Gasteiger partial charge in [0.25, 0.3) is 5.09 Å². The summed E-state index contributed by atoms with van der Waals surface area (Å²) in [6.45, 7) is -0.184. The Balaban J connectivity index is 0.000000437. The van der Waals surface area contributed by atoms with Gasteiger partial charge in [-0.15, -0.1) is 22.7 Å². The van der Waals surface area contributed by atoms with Gasteiger partial charge in [-0.3, -0.25) is 9.59 Å². The molecule has 0 aliphatic rings. The van der Waals surface area contributed by atoms with E-state index in [1.54, 1.807) is 12.1 Å². The molecule has 0 aliphatic heterocycles. The van der Waals surface area contributed by atoms with Gasteiger partial charge < -0.3 is 25.2 Å². The maximum Gasteiger partial charge on any atom is 0.335 e. The van der Waals surface area contributed by atoms with E-state index in [2.05, 4.69) is 17.5 Å². The van der Waals surface area contributed by atoms with Gasteiger partial charge in [0.15, 0.2) is 11.5 Å². The number of aromatic carboxylic acids is 1. The highest BCUT2D eigenvalue weighted by Crippen LogP contribution is 2.29. The number of nitrogens with zero attached hydrogens (tertiary/aromatic N) is 1. The fraction of sp³-hybridized carbons (Fsp3) is 0.190. The second-order valence-electron chi connectivity index (χ2n) is 6.25. The third kappa shape index (κ3) is 10.7. The minimum Gasteiger partial charge on any atom is -0.493 e. The average Bonchev–Trinajstić information content (AvgIpc) is 2.78. The minimum atomic E-state index is -0.975.